The van der Waals surface area contributed by atoms with E-state index in [0.29, 0.717) is 11.3 Å². The lowest BCUT2D eigenvalue weighted by molar-refractivity contribution is -0.137. The van der Waals surface area contributed by atoms with E-state index >= 15 is 0 Å². The van der Waals surface area contributed by atoms with Gasteiger partial charge in [-0.15, -0.1) is 0 Å². The summed E-state index contributed by atoms with van der Waals surface area (Å²) in [6.07, 6.45) is -2.24. The minimum absolute atomic E-state index is 0.180. The summed E-state index contributed by atoms with van der Waals surface area (Å²) in [5.41, 5.74) is -0.0307. The van der Waals surface area contributed by atoms with E-state index in [1.165, 1.54) is 36.4 Å². The molecule has 1 amide bonds. The zero-order chi connectivity index (χ0) is 20.0. The van der Waals surface area contributed by atoms with E-state index in [2.05, 4.69) is 5.32 Å². The van der Waals surface area contributed by atoms with Crippen LogP contribution in [0.15, 0.2) is 48.5 Å². The molecule has 0 saturated carbocycles. The number of hydrogen-bond donors (Lipinski definition) is 1. The maximum Gasteiger partial charge on any atom is 0.417 e. The normalized spacial score (nSPS) is 11.4. The third-order valence-corrected chi connectivity index (χ3v) is 3.72. The number of alkyl halides is 3. The first-order chi connectivity index (χ1) is 12.7. The van der Waals surface area contributed by atoms with Gasteiger partial charge in [-0.25, -0.2) is 4.79 Å². The first kappa shape index (κ1) is 20.5. The highest BCUT2D eigenvalue weighted by Gasteiger charge is 2.33. The lowest BCUT2D eigenvalue weighted by Crippen LogP contribution is -2.09. The van der Waals surface area contributed by atoms with Gasteiger partial charge >= 0.3 is 12.1 Å². The van der Waals surface area contributed by atoms with Crippen LogP contribution in [0.25, 0.3) is 6.08 Å². The quantitative estimate of drug-likeness (QED) is 0.558. The summed E-state index contributed by atoms with van der Waals surface area (Å²) in [6.45, 7) is 1.94. The van der Waals surface area contributed by atoms with Gasteiger partial charge in [0.1, 0.15) is 0 Å². The fraction of sp³-hybridized carbons (Fsp3) is 0.158. The van der Waals surface area contributed by atoms with Crippen molar-refractivity contribution in [3.05, 3.63) is 70.3 Å². The number of carbonyl (C=O) groups excluding carboxylic acids is 2. The van der Waals surface area contributed by atoms with Gasteiger partial charge in [0.25, 0.3) is 0 Å². The highest BCUT2D eigenvalue weighted by atomic mass is 35.5. The van der Waals surface area contributed by atoms with Gasteiger partial charge in [-0.3, -0.25) is 4.79 Å². The first-order valence-corrected chi connectivity index (χ1v) is 8.21. The van der Waals surface area contributed by atoms with Crippen molar-refractivity contribution in [2.24, 2.45) is 0 Å². The Hall–Kier alpha value is -2.80. The maximum atomic E-state index is 12.8. The molecule has 2 rings (SSSR count). The van der Waals surface area contributed by atoms with Crippen molar-refractivity contribution in [2.75, 3.05) is 11.9 Å². The Bertz CT molecular complexity index is 861. The molecule has 0 aromatic heterocycles. The summed E-state index contributed by atoms with van der Waals surface area (Å²) in [5.74, 6) is -1.01. The number of rotatable bonds is 5. The zero-order valence-electron chi connectivity index (χ0n) is 14.1. The SMILES string of the molecule is CCOC(=O)c1ccc(NC(=O)/C=C/c2ccc(Cl)c(C(F)(F)F)c2)cc1. The summed E-state index contributed by atoms with van der Waals surface area (Å²) in [7, 11) is 0. The van der Waals surface area contributed by atoms with Gasteiger partial charge in [-0.05, 0) is 55.0 Å². The molecule has 0 aliphatic heterocycles. The molecule has 0 unspecified atom stereocenters. The standard InChI is InChI=1S/C19H15ClF3NO3/c1-2-27-18(26)13-5-7-14(8-6-13)24-17(25)10-4-12-3-9-16(20)15(11-12)19(21,22)23/h3-11H,2H2,1H3,(H,24,25)/b10-4+. The summed E-state index contributed by atoms with van der Waals surface area (Å²) in [5, 5.41) is 2.13. The summed E-state index contributed by atoms with van der Waals surface area (Å²) in [4.78, 5) is 23.5. The lowest BCUT2D eigenvalue weighted by Gasteiger charge is -2.09. The molecule has 0 aliphatic rings. The molecule has 0 atom stereocenters. The fourth-order valence-corrected chi connectivity index (χ4v) is 2.35. The van der Waals surface area contributed by atoms with Crippen LogP contribution in [0, 0.1) is 0 Å². The maximum absolute atomic E-state index is 12.8. The lowest BCUT2D eigenvalue weighted by atomic mass is 10.1. The van der Waals surface area contributed by atoms with Gasteiger partial charge < -0.3 is 10.1 Å². The largest absolute Gasteiger partial charge is 0.462 e. The molecule has 8 heteroatoms. The minimum atomic E-state index is -4.58. The van der Waals surface area contributed by atoms with E-state index in [1.807, 2.05) is 0 Å². The van der Waals surface area contributed by atoms with Crippen LogP contribution in [0.4, 0.5) is 18.9 Å². The van der Waals surface area contributed by atoms with E-state index in [9.17, 15) is 22.8 Å². The molecule has 0 aliphatic carbocycles. The van der Waals surface area contributed by atoms with Gasteiger partial charge in [0.15, 0.2) is 0 Å². The van der Waals surface area contributed by atoms with Crippen LogP contribution in [0.3, 0.4) is 0 Å². The van der Waals surface area contributed by atoms with Crippen molar-refractivity contribution in [3.8, 4) is 0 Å². The second-order valence-electron chi connectivity index (χ2n) is 5.36. The minimum Gasteiger partial charge on any atom is -0.462 e. The Labute approximate surface area is 158 Å². The molecule has 2 aromatic carbocycles. The van der Waals surface area contributed by atoms with Gasteiger partial charge in [-0.1, -0.05) is 17.7 Å². The molecule has 0 bridgehead atoms. The van der Waals surface area contributed by atoms with Crippen LogP contribution in [0.1, 0.15) is 28.4 Å². The Morgan fingerprint density at radius 3 is 2.41 bits per heavy atom. The molecular formula is C19H15ClF3NO3. The Kier molecular flexibility index (Phi) is 6.63. The van der Waals surface area contributed by atoms with Crippen LogP contribution < -0.4 is 5.32 Å². The predicted molar refractivity (Wildman–Crippen MR) is 96.5 cm³/mol. The van der Waals surface area contributed by atoms with Gasteiger partial charge in [0.2, 0.25) is 5.91 Å². The smallest absolute Gasteiger partial charge is 0.417 e. The molecular weight excluding hydrogens is 383 g/mol. The number of esters is 1. The Morgan fingerprint density at radius 1 is 1.15 bits per heavy atom. The molecule has 4 nitrogen and oxygen atoms in total. The van der Waals surface area contributed by atoms with E-state index in [0.717, 1.165) is 18.2 Å². The number of halogens is 4. The van der Waals surface area contributed by atoms with Crippen molar-refractivity contribution >= 4 is 35.2 Å². The van der Waals surface area contributed by atoms with Crippen LogP contribution in [0.2, 0.25) is 5.02 Å². The second kappa shape index (κ2) is 8.73. The number of ether oxygens (including phenoxy) is 1. The molecule has 0 radical (unpaired) electrons. The molecule has 0 saturated heterocycles. The fourth-order valence-electron chi connectivity index (χ4n) is 2.12. The summed E-state index contributed by atoms with van der Waals surface area (Å²) < 4.78 is 43.3. The third-order valence-electron chi connectivity index (χ3n) is 3.39. The van der Waals surface area contributed by atoms with Gasteiger partial charge in [0, 0.05) is 11.8 Å². The number of benzene rings is 2. The number of anilines is 1. The van der Waals surface area contributed by atoms with Crippen LogP contribution in [-0.4, -0.2) is 18.5 Å². The van der Waals surface area contributed by atoms with Crippen LogP contribution in [0.5, 0.6) is 0 Å². The molecule has 2 aromatic rings. The summed E-state index contributed by atoms with van der Waals surface area (Å²) >= 11 is 5.55. The first-order valence-electron chi connectivity index (χ1n) is 7.83. The zero-order valence-corrected chi connectivity index (χ0v) is 14.9. The Balaban J connectivity index is 2.04. The van der Waals surface area contributed by atoms with Gasteiger partial charge in [-0.2, -0.15) is 13.2 Å². The van der Waals surface area contributed by atoms with Crippen molar-refractivity contribution < 1.29 is 27.5 Å². The average molecular weight is 398 g/mol. The monoisotopic (exact) mass is 397 g/mol. The molecule has 0 fully saturated rings. The highest BCUT2D eigenvalue weighted by molar-refractivity contribution is 6.31. The molecule has 1 N–H and O–H groups in total. The molecule has 142 valence electrons. The predicted octanol–water partition coefficient (Wildman–Crippen LogP) is 5.19. The van der Waals surface area contributed by atoms with Crippen LogP contribution in [-0.2, 0) is 15.7 Å². The molecule has 0 heterocycles. The van der Waals surface area contributed by atoms with E-state index in [-0.39, 0.29) is 12.2 Å². The third kappa shape index (κ3) is 5.86. The van der Waals surface area contributed by atoms with Crippen molar-refractivity contribution in [2.45, 2.75) is 13.1 Å². The second-order valence-corrected chi connectivity index (χ2v) is 5.76. The van der Waals surface area contributed by atoms with E-state index < -0.39 is 28.6 Å². The topological polar surface area (TPSA) is 55.4 Å². The van der Waals surface area contributed by atoms with Crippen molar-refractivity contribution in [3.63, 3.8) is 0 Å². The summed E-state index contributed by atoms with van der Waals surface area (Å²) in [6, 6.07) is 9.37. The Morgan fingerprint density at radius 2 is 1.81 bits per heavy atom. The average Bonchev–Trinajstić information content (AvgIpc) is 2.61. The molecule has 0 spiro atoms. The number of amides is 1. The van der Waals surface area contributed by atoms with E-state index in [4.69, 9.17) is 16.3 Å². The van der Waals surface area contributed by atoms with Crippen molar-refractivity contribution in [1.82, 2.24) is 0 Å². The molecule has 27 heavy (non-hydrogen) atoms. The number of nitrogens with one attached hydrogen (secondary N) is 1. The van der Waals surface area contributed by atoms with Gasteiger partial charge in [0.05, 0.1) is 22.8 Å². The van der Waals surface area contributed by atoms with E-state index in [1.54, 1.807) is 6.92 Å². The number of carbonyl (C=O) groups is 2. The van der Waals surface area contributed by atoms with Crippen molar-refractivity contribution in [1.29, 1.82) is 0 Å². The highest BCUT2D eigenvalue weighted by Crippen LogP contribution is 2.35. The number of hydrogen-bond acceptors (Lipinski definition) is 3. The van der Waals surface area contributed by atoms with Crippen LogP contribution >= 0.6 is 11.6 Å².